The molecule has 7 rings (SSSR count). The molecule has 3 aromatic carbocycles. The number of piperidine rings is 2. The van der Waals surface area contributed by atoms with E-state index in [9.17, 15) is 26.4 Å². The molecule has 2 saturated heterocycles. The molecule has 0 spiro atoms. The number of pyridine rings is 2. The number of rotatable bonds is 9. The molecule has 0 N–H and O–H groups in total. The molecule has 0 aliphatic carbocycles. The molecule has 5 aromatic rings. The predicted octanol–water partition coefficient (Wildman–Crippen LogP) is 9.12. The van der Waals surface area contributed by atoms with Crippen LogP contribution in [0.4, 0.5) is 0 Å². The maximum absolute atomic E-state index is 13.4. The molecule has 2 amide bonds. The molecule has 2 aliphatic heterocycles. The zero-order chi connectivity index (χ0) is 43.2. The number of sulfone groups is 2. The maximum atomic E-state index is 13.4. The summed E-state index contributed by atoms with van der Waals surface area (Å²) in [6.45, 7) is 12.3. The lowest BCUT2D eigenvalue weighted by Crippen LogP contribution is -2.47. The van der Waals surface area contributed by atoms with Crippen molar-refractivity contribution >= 4 is 31.5 Å². The largest absolute Gasteiger partial charge is 0.332 e. The second-order valence-corrected chi connectivity index (χ2v) is 20.3. The fourth-order valence-corrected chi connectivity index (χ4v) is 11.6. The molecule has 12 heteroatoms. The summed E-state index contributed by atoms with van der Waals surface area (Å²) in [7, 11) is -7.11. The van der Waals surface area contributed by atoms with Gasteiger partial charge in [0.1, 0.15) is 11.4 Å². The average molecular weight is 849 g/mol. The van der Waals surface area contributed by atoms with Crippen molar-refractivity contribution in [1.82, 2.24) is 19.8 Å². The molecule has 0 bridgehead atoms. The molecule has 4 heterocycles. The second kappa shape index (κ2) is 19.0. The second-order valence-electron chi connectivity index (χ2n) is 16.3. The number of likely N-dealkylation sites (tertiary alicyclic amines) is 2. The number of carbonyl (C=O) groups excluding carboxylic acids is 2. The van der Waals surface area contributed by atoms with Gasteiger partial charge in [-0.1, -0.05) is 77.9 Å². The normalized spacial score (nSPS) is 18.3. The highest BCUT2D eigenvalue weighted by Gasteiger charge is 2.32. The minimum absolute atomic E-state index is 0.0156. The summed E-state index contributed by atoms with van der Waals surface area (Å²) < 4.78 is 51.8. The van der Waals surface area contributed by atoms with Gasteiger partial charge in [-0.25, -0.2) is 26.8 Å². The molecule has 2 fully saturated rings. The topological polar surface area (TPSA) is 135 Å². The van der Waals surface area contributed by atoms with Gasteiger partial charge in [0, 0.05) is 18.6 Å². The summed E-state index contributed by atoms with van der Waals surface area (Å²) in [4.78, 5) is 39.6. The maximum Gasteiger partial charge on any atom is 0.272 e. The standard InChI is InChI=1S/C26H28N2O3S.C22H28N2O3S/c1-19-14-15-25(20(2)17-19)32(30,31)18-22-11-8-12-23(27-22)26(29)28-16-7-6-13-24(28)21-9-4-3-5-10-21;1-15-11-12-21(16(2)13-15)28(26,27)14-19-9-6-10-20(23-19)22(25)24-17(3)7-5-8-18(24)4/h3-5,8-12,14-15,17,24H,6-7,13,16,18H2,1-2H3;6,9-13,17-18H,5,7-8,14H2,1-4H3/t;17-,18+. The van der Waals surface area contributed by atoms with E-state index in [0.29, 0.717) is 39.1 Å². The molecule has 316 valence electrons. The van der Waals surface area contributed by atoms with Gasteiger partial charge in [0.2, 0.25) is 0 Å². The minimum Gasteiger partial charge on any atom is -0.332 e. The van der Waals surface area contributed by atoms with Crippen LogP contribution in [-0.4, -0.2) is 67.0 Å². The smallest absolute Gasteiger partial charge is 0.272 e. The van der Waals surface area contributed by atoms with Crippen LogP contribution < -0.4 is 0 Å². The summed E-state index contributed by atoms with van der Waals surface area (Å²) in [6, 6.07) is 31.1. The van der Waals surface area contributed by atoms with E-state index in [1.807, 2.05) is 54.0 Å². The highest BCUT2D eigenvalue weighted by molar-refractivity contribution is 7.91. The van der Waals surface area contributed by atoms with Crippen molar-refractivity contribution in [2.75, 3.05) is 6.54 Å². The third-order valence-electron chi connectivity index (χ3n) is 11.4. The van der Waals surface area contributed by atoms with E-state index in [2.05, 4.69) is 35.9 Å². The first kappa shape index (κ1) is 44.4. The summed E-state index contributed by atoms with van der Waals surface area (Å²) in [5.41, 5.74) is 5.98. The van der Waals surface area contributed by atoms with Gasteiger partial charge in [-0.2, -0.15) is 0 Å². The van der Waals surface area contributed by atoms with E-state index in [1.54, 1.807) is 74.5 Å². The predicted molar refractivity (Wildman–Crippen MR) is 235 cm³/mol. The zero-order valence-corrected chi connectivity index (χ0v) is 37.1. The Labute approximate surface area is 355 Å². The first-order valence-electron chi connectivity index (χ1n) is 20.7. The highest BCUT2D eigenvalue weighted by Crippen LogP contribution is 2.32. The van der Waals surface area contributed by atoms with E-state index in [4.69, 9.17) is 0 Å². The zero-order valence-electron chi connectivity index (χ0n) is 35.5. The van der Waals surface area contributed by atoms with Crippen LogP contribution in [0, 0.1) is 27.7 Å². The van der Waals surface area contributed by atoms with Crippen LogP contribution in [0.1, 0.15) is 119 Å². The van der Waals surface area contributed by atoms with Crippen LogP contribution in [0.5, 0.6) is 0 Å². The van der Waals surface area contributed by atoms with E-state index < -0.39 is 19.7 Å². The number of amides is 2. The monoisotopic (exact) mass is 848 g/mol. The molecule has 10 nitrogen and oxygen atoms in total. The first-order chi connectivity index (χ1) is 28.5. The summed E-state index contributed by atoms with van der Waals surface area (Å²) >= 11 is 0. The van der Waals surface area contributed by atoms with Crippen LogP contribution in [0.2, 0.25) is 0 Å². The molecule has 0 saturated carbocycles. The number of nitrogens with zero attached hydrogens (tertiary/aromatic N) is 4. The number of hydrogen-bond donors (Lipinski definition) is 0. The molecule has 60 heavy (non-hydrogen) atoms. The fourth-order valence-electron chi connectivity index (χ4n) is 8.50. The van der Waals surface area contributed by atoms with Crippen LogP contribution >= 0.6 is 0 Å². The minimum atomic E-state index is -3.57. The van der Waals surface area contributed by atoms with Crippen LogP contribution in [0.3, 0.4) is 0 Å². The Bertz CT molecular complexity index is 2550. The van der Waals surface area contributed by atoms with E-state index in [1.165, 1.54) is 0 Å². The van der Waals surface area contributed by atoms with Crippen LogP contribution in [0.15, 0.2) is 113 Å². The van der Waals surface area contributed by atoms with Gasteiger partial charge < -0.3 is 9.80 Å². The van der Waals surface area contributed by atoms with Crippen molar-refractivity contribution in [3.05, 3.63) is 154 Å². The van der Waals surface area contributed by atoms with E-state index in [-0.39, 0.29) is 41.4 Å². The SMILES string of the molecule is Cc1ccc(S(=O)(=O)Cc2cccc(C(=O)N3CCCCC3c3ccccc3)n2)c(C)c1.Cc1ccc(S(=O)(=O)Cc2cccc(C(=O)N3[C@H](C)CCC[C@@H]3C)n2)c(C)c1. The van der Waals surface area contributed by atoms with Gasteiger partial charge in [-0.3, -0.25) is 9.59 Å². The molecule has 2 aromatic heterocycles. The molecule has 3 atom stereocenters. The van der Waals surface area contributed by atoms with Gasteiger partial charge in [0.05, 0.1) is 38.7 Å². The Morgan fingerprint density at radius 1 is 0.583 bits per heavy atom. The van der Waals surface area contributed by atoms with Crippen molar-refractivity contribution in [2.24, 2.45) is 0 Å². The Morgan fingerprint density at radius 2 is 1.08 bits per heavy atom. The first-order valence-corrected chi connectivity index (χ1v) is 24.0. The summed E-state index contributed by atoms with van der Waals surface area (Å²) in [5.74, 6) is -0.724. The third kappa shape index (κ3) is 10.6. The van der Waals surface area contributed by atoms with Crippen LogP contribution in [-0.2, 0) is 31.2 Å². The molecule has 1 unspecified atom stereocenters. The van der Waals surface area contributed by atoms with Crippen molar-refractivity contribution in [3.8, 4) is 0 Å². The number of carbonyl (C=O) groups is 2. The third-order valence-corrected chi connectivity index (χ3v) is 15.0. The van der Waals surface area contributed by atoms with E-state index in [0.717, 1.165) is 66.3 Å². The summed E-state index contributed by atoms with van der Waals surface area (Å²) in [6.07, 6.45) is 6.03. The average Bonchev–Trinajstić information content (AvgIpc) is 3.20. The van der Waals surface area contributed by atoms with Gasteiger partial charge in [-0.05, 0) is 133 Å². The number of benzene rings is 3. The van der Waals surface area contributed by atoms with Crippen molar-refractivity contribution in [1.29, 1.82) is 0 Å². The summed E-state index contributed by atoms with van der Waals surface area (Å²) in [5, 5.41) is 0. The number of hydrogen-bond acceptors (Lipinski definition) is 8. The van der Waals surface area contributed by atoms with E-state index >= 15 is 0 Å². The van der Waals surface area contributed by atoms with Crippen molar-refractivity contribution < 1.29 is 26.4 Å². The van der Waals surface area contributed by atoms with Gasteiger partial charge in [0.25, 0.3) is 11.8 Å². The highest BCUT2D eigenvalue weighted by atomic mass is 32.2. The van der Waals surface area contributed by atoms with Crippen molar-refractivity contribution in [3.63, 3.8) is 0 Å². The molecule has 2 aliphatic rings. The Balaban J connectivity index is 0.000000203. The number of aryl methyl sites for hydroxylation is 4. The molecular formula is C48H56N4O6S2. The van der Waals surface area contributed by atoms with Crippen molar-refractivity contribution in [2.45, 2.75) is 119 Å². The fraction of sp³-hybridized carbons (Fsp3) is 0.375. The van der Waals surface area contributed by atoms with Gasteiger partial charge in [0.15, 0.2) is 19.7 Å². The number of aromatic nitrogens is 2. The molecule has 0 radical (unpaired) electrons. The Morgan fingerprint density at radius 3 is 1.58 bits per heavy atom. The lowest BCUT2D eigenvalue weighted by molar-refractivity contribution is 0.0503. The van der Waals surface area contributed by atoms with Crippen LogP contribution in [0.25, 0.3) is 0 Å². The van der Waals surface area contributed by atoms with Gasteiger partial charge in [-0.15, -0.1) is 0 Å². The lowest BCUT2D eigenvalue weighted by atomic mass is 9.95. The Kier molecular flexibility index (Phi) is 14.1. The molecular weight excluding hydrogens is 793 g/mol. The van der Waals surface area contributed by atoms with Gasteiger partial charge >= 0.3 is 0 Å². The quantitative estimate of drug-likeness (QED) is 0.143. The lowest BCUT2D eigenvalue weighted by Gasteiger charge is -2.38. The Hall–Kier alpha value is -5.20.